The van der Waals surface area contributed by atoms with Crippen LogP contribution in [0.5, 0.6) is 0 Å². The molecule has 0 saturated carbocycles. The first-order valence-electron chi connectivity index (χ1n) is 13.7. The Bertz CT molecular complexity index is 1400. The number of Topliss-reactive ketones (excluding diaryl/α,β-unsaturated/α-hetero) is 1. The molecule has 42 heavy (non-hydrogen) atoms. The number of carbonyl (C=O) groups is 3. The highest BCUT2D eigenvalue weighted by Gasteiger charge is 2.38. The second-order valence-corrected chi connectivity index (χ2v) is 11.1. The van der Waals surface area contributed by atoms with Crippen LogP contribution in [0.1, 0.15) is 49.6 Å². The summed E-state index contributed by atoms with van der Waals surface area (Å²) in [5.74, 6) is -1.84. The zero-order valence-electron chi connectivity index (χ0n) is 23.9. The molecular weight excluding hydrogens is 532 g/mol. The van der Waals surface area contributed by atoms with Crippen LogP contribution in [0.25, 0.3) is 0 Å². The second-order valence-electron chi connectivity index (χ2n) is 11.1. The highest BCUT2D eigenvalue weighted by molar-refractivity contribution is 5.91. The number of ketones is 1. The molecule has 0 aliphatic carbocycles. The van der Waals surface area contributed by atoms with Crippen molar-refractivity contribution in [1.82, 2.24) is 14.9 Å². The number of hydrogen-bond donors (Lipinski definition) is 3. The molecule has 4 N–H and O–H groups in total. The minimum atomic E-state index is -1.40. The normalized spacial score (nSPS) is 13.1. The van der Waals surface area contributed by atoms with Crippen molar-refractivity contribution in [1.29, 1.82) is 0 Å². The van der Waals surface area contributed by atoms with E-state index in [9.17, 15) is 19.5 Å². The number of amides is 1. The van der Waals surface area contributed by atoms with Gasteiger partial charge in [-0.1, -0.05) is 91.0 Å². The Balaban J connectivity index is 1.78. The summed E-state index contributed by atoms with van der Waals surface area (Å²) >= 11 is 0. The number of ether oxygens (including phenoxy) is 1. The maximum atomic E-state index is 13.2. The Kier molecular flexibility index (Phi) is 9.22. The number of carboxylic acid groups (broad SMARTS) is 1. The van der Waals surface area contributed by atoms with E-state index in [1.807, 2.05) is 65.4 Å². The Labute approximate surface area is 245 Å². The summed E-state index contributed by atoms with van der Waals surface area (Å²) in [4.78, 5) is 41.8. The minimum absolute atomic E-state index is 0.00582. The van der Waals surface area contributed by atoms with E-state index in [0.29, 0.717) is 5.69 Å². The van der Waals surface area contributed by atoms with Gasteiger partial charge in [-0.15, -0.1) is 0 Å². The number of aromatic nitrogens is 2. The van der Waals surface area contributed by atoms with Crippen LogP contribution in [0.2, 0.25) is 0 Å². The van der Waals surface area contributed by atoms with Gasteiger partial charge in [0.25, 0.3) is 0 Å². The van der Waals surface area contributed by atoms with E-state index in [0.717, 1.165) is 16.7 Å². The number of nitrogens with one attached hydrogen (secondary N) is 1. The van der Waals surface area contributed by atoms with Gasteiger partial charge in [0, 0.05) is 19.0 Å². The van der Waals surface area contributed by atoms with Crippen LogP contribution in [0, 0.1) is 0 Å². The summed E-state index contributed by atoms with van der Waals surface area (Å²) in [6.45, 7) is 5.13. The molecule has 0 bridgehead atoms. The van der Waals surface area contributed by atoms with Gasteiger partial charge < -0.3 is 25.5 Å². The quantitative estimate of drug-likeness (QED) is 0.226. The number of benzene rings is 3. The predicted octanol–water partition coefficient (Wildman–Crippen LogP) is 4.53. The summed E-state index contributed by atoms with van der Waals surface area (Å²) < 4.78 is 7.37. The van der Waals surface area contributed by atoms with Crippen molar-refractivity contribution in [3.05, 3.63) is 126 Å². The highest BCUT2D eigenvalue weighted by atomic mass is 16.6. The number of carboxylic acids is 1. The molecule has 0 saturated heterocycles. The molecule has 0 fully saturated rings. The summed E-state index contributed by atoms with van der Waals surface area (Å²) in [5, 5.41) is 11.9. The van der Waals surface area contributed by atoms with E-state index in [1.165, 1.54) is 0 Å². The monoisotopic (exact) mass is 568 g/mol. The van der Waals surface area contributed by atoms with E-state index in [4.69, 9.17) is 10.5 Å². The van der Waals surface area contributed by atoms with Crippen molar-refractivity contribution < 1.29 is 24.2 Å². The van der Waals surface area contributed by atoms with Crippen molar-refractivity contribution in [2.75, 3.05) is 0 Å². The maximum Gasteiger partial charge on any atom is 0.408 e. The maximum absolute atomic E-state index is 13.2. The van der Waals surface area contributed by atoms with Gasteiger partial charge in [0.05, 0.1) is 18.1 Å². The van der Waals surface area contributed by atoms with Crippen LogP contribution < -0.4 is 11.1 Å². The molecule has 0 radical (unpaired) electrons. The second kappa shape index (κ2) is 12.8. The average Bonchev–Trinajstić information content (AvgIpc) is 3.42. The lowest BCUT2D eigenvalue weighted by Gasteiger charge is -2.37. The molecule has 218 valence electrons. The lowest BCUT2D eigenvalue weighted by atomic mass is 9.77. The Morgan fingerprint density at radius 3 is 1.79 bits per heavy atom. The fraction of sp³-hybridized carbons (Fsp3) is 0.273. The van der Waals surface area contributed by atoms with Gasteiger partial charge in [-0.3, -0.25) is 9.59 Å². The summed E-state index contributed by atoms with van der Waals surface area (Å²) in [6.07, 6.45) is 2.31. The Hall–Kier alpha value is -4.76. The van der Waals surface area contributed by atoms with Gasteiger partial charge >= 0.3 is 12.1 Å². The van der Waals surface area contributed by atoms with Crippen LogP contribution in [0.15, 0.2) is 104 Å². The van der Waals surface area contributed by atoms with Crippen molar-refractivity contribution in [2.45, 2.75) is 56.8 Å². The van der Waals surface area contributed by atoms with Crippen molar-refractivity contribution in [3.8, 4) is 0 Å². The van der Waals surface area contributed by atoms with E-state index >= 15 is 0 Å². The smallest absolute Gasteiger partial charge is 0.408 e. The van der Waals surface area contributed by atoms with Gasteiger partial charge in [0.2, 0.25) is 0 Å². The molecule has 0 spiro atoms. The number of rotatable bonds is 11. The number of nitrogens with zero attached hydrogens (tertiary/aromatic N) is 2. The van der Waals surface area contributed by atoms with Crippen molar-refractivity contribution >= 4 is 17.8 Å². The molecule has 9 heteroatoms. The predicted molar refractivity (Wildman–Crippen MR) is 159 cm³/mol. The van der Waals surface area contributed by atoms with E-state index in [1.54, 1.807) is 27.1 Å². The number of alkyl carbamates (subject to hydrolysis) is 1. The molecule has 0 unspecified atom stereocenters. The lowest BCUT2D eigenvalue weighted by Crippen LogP contribution is -2.47. The van der Waals surface area contributed by atoms with Gasteiger partial charge in [0.1, 0.15) is 17.2 Å². The Morgan fingerprint density at radius 1 is 0.881 bits per heavy atom. The fourth-order valence-electron chi connectivity index (χ4n) is 4.99. The van der Waals surface area contributed by atoms with E-state index < -0.39 is 47.5 Å². The van der Waals surface area contributed by atoms with E-state index in [-0.39, 0.29) is 6.42 Å². The summed E-state index contributed by atoms with van der Waals surface area (Å²) in [6, 6.07) is 27.6. The molecule has 4 rings (SSSR count). The molecule has 0 aliphatic heterocycles. The number of aliphatic carboxylic acids is 1. The molecular formula is C33H36N4O5. The zero-order valence-corrected chi connectivity index (χ0v) is 23.9. The van der Waals surface area contributed by atoms with E-state index in [2.05, 4.69) is 46.7 Å². The van der Waals surface area contributed by atoms with Gasteiger partial charge in [-0.05, 0) is 37.5 Å². The van der Waals surface area contributed by atoms with Crippen LogP contribution in [0.4, 0.5) is 4.79 Å². The minimum Gasteiger partial charge on any atom is -0.480 e. The first kappa shape index (κ1) is 30.2. The van der Waals surface area contributed by atoms with Crippen molar-refractivity contribution in [2.24, 2.45) is 5.73 Å². The topological polar surface area (TPSA) is 137 Å². The average molecular weight is 569 g/mol. The molecule has 1 amide bonds. The van der Waals surface area contributed by atoms with Crippen LogP contribution in [0.3, 0.4) is 0 Å². The lowest BCUT2D eigenvalue weighted by molar-refractivity contribution is -0.140. The largest absolute Gasteiger partial charge is 0.480 e. The SMILES string of the molecule is CC(C)(C)OC(=O)N[C@@H](Cc1cn(C(c2ccccc2)(c2ccccc2)c2ccccc2)cn1)C(=O)C[C@H](N)C(=O)O. The van der Waals surface area contributed by atoms with Crippen LogP contribution >= 0.6 is 0 Å². The third kappa shape index (κ3) is 6.92. The van der Waals surface area contributed by atoms with Gasteiger partial charge in [0.15, 0.2) is 5.78 Å². The molecule has 2 atom stereocenters. The molecule has 4 aromatic rings. The number of carbonyl (C=O) groups excluding carboxylic acids is 2. The van der Waals surface area contributed by atoms with Crippen LogP contribution in [-0.4, -0.2) is 50.2 Å². The first-order chi connectivity index (χ1) is 20.0. The zero-order chi connectivity index (χ0) is 30.3. The molecule has 9 nitrogen and oxygen atoms in total. The van der Waals surface area contributed by atoms with Gasteiger partial charge in [-0.2, -0.15) is 0 Å². The fourth-order valence-corrected chi connectivity index (χ4v) is 4.99. The molecule has 1 heterocycles. The van der Waals surface area contributed by atoms with Crippen molar-refractivity contribution in [3.63, 3.8) is 0 Å². The van der Waals surface area contributed by atoms with Crippen LogP contribution in [-0.2, 0) is 26.3 Å². The standard InChI is InChI=1S/C33H36N4O5/c1-32(2,3)42-31(41)36-28(29(38)20-27(34)30(39)40)19-26-21-37(22-35-26)33(23-13-7-4-8-14-23,24-15-9-5-10-16-24)25-17-11-6-12-18-25/h4-18,21-22,27-28H,19-20,34H2,1-3H3,(H,36,41)(H,39,40)/t27-,28-/m0/s1. The molecule has 0 aliphatic rings. The number of hydrogen-bond acceptors (Lipinski definition) is 6. The summed E-state index contributed by atoms with van der Waals surface area (Å²) in [7, 11) is 0. The first-order valence-corrected chi connectivity index (χ1v) is 13.7. The highest BCUT2D eigenvalue weighted by Crippen LogP contribution is 2.40. The number of imidazole rings is 1. The molecule has 3 aromatic carbocycles. The third-order valence-electron chi connectivity index (χ3n) is 6.83. The number of nitrogens with two attached hydrogens (primary N) is 1. The summed E-state index contributed by atoms with van der Waals surface area (Å²) in [5.41, 5.74) is 7.56. The van der Waals surface area contributed by atoms with Gasteiger partial charge in [-0.25, -0.2) is 9.78 Å². The third-order valence-corrected chi connectivity index (χ3v) is 6.83. The molecule has 1 aromatic heterocycles. The Morgan fingerprint density at radius 2 is 1.36 bits per heavy atom.